The van der Waals surface area contributed by atoms with Gasteiger partial charge in [-0.2, -0.15) is 4.39 Å². The number of nitrogens with zero attached hydrogens (tertiary/aromatic N) is 1. The normalized spacial score (nSPS) is 13.5. The zero-order chi connectivity index (χ0) is 14.8. The second-order valence-electron chi connectivity index (χ2n) is 4.17. The average Bonchev–Trinajstić information content (AvgIpc) is 2.46. The molecule has 1 N–H and O–H groups in total. The van der Waals surface area contributed by atoms with E-state index in [2.05, 4.69) is 0 Å². The first kappa shape index (κ1) is 13.8. The maximum atomic E-state index is 13.6. The number of hydrogen-bond acceptors (Lipinski definition) is 4. The maximum Gasteiger partial charge on any atom is 0.304 e. The van der Waals surface area contributed by atoms with Gasteiger partial charge < -0.3 is 5.11 Å². The number of rotatable bonds is 4. The molecule has 0 radical (unpaired) electrons. The van der Waals surface area contributed by atoms with Crippen LogP contribution in [0.4, 0.5) is 10.1 Å². The van der Waals surface area contributed by atoms with E-state index in [-0.39, 0.29) is 17.4 Å². The second-order valence-corrected chi connectivity index (χ2v) is 4.17. The molecule has 0 heterocycles. The van der Waals surface area contributed by atoms with E-state index in [0.29, 0.717) is 0 Å². The smallest absolute Gasteiger partial charge is 0.304 e. The highest BCUT2D eigenvalue weighted by Gasteiger charge is 2.32. The van der Waals surface area contributed by atoms with Crippen LogP contribution in [-0.2, 0) is 10.4 Å². The maximum absolute atomic E-state index is 13.6. The van der Waals surface area contributed by atoms with Gasteiger partial charge in [0.2, 0.25) is 5.82 Å². The van der Waals surface area contributed by atoms with Gasteiger partial charge in [0.05, 0.1) is 4.92 Å². The molecule has 1 unspecified atom stereocenters. The zero-order valence-electron chi connectivity index (χ0n) is 10.2. The van der Waals surface area contributed by atoms with Crippen molar-refractivity contribution in [2.75, 3.05) is 0 Å². The molecule has 0 bridgehead atoms. The van der Waals surface area contributed by atoms with Gasteiger partial charge in [-0.3, -0.25) is 14.9 Å². The van der Waals surface area contributed by atoms with E-state index in [0.717, 1.165) is 18.2 Å². The van der Waals surface area contributed by atoms with Crippen LogP contribution in [0.15, 0.2) is 48.5 Å². The number of halogens is 1. The van der Waals surface area contributed by atoms with E-state index in [1.165, 1.54) is 12.1 Å². The highest BCUT2D eigenvalue weighted by atomic mass is 19.1. The summed E-state index contributed by atoms with van der Waals surface area (Å²) in [6, 6.07) is 10.8. The highest BCUT2D eigenvalue weighted by Crippen LogP contribution is 2.30. The van der Waals surface area contributed by atoms with Crippen LogP contribution in [0.5, 0.6) is 0 Å². The van der Waals surface area contributed by atoms with Crippen molar-refractivity contribution in [2.45, 2.75) is 5.60 Å². The van der Waals surface area contributed by atoms with Gasteiger partial charge in [0.25, 0.3) is 0 Å². The fraction of sp³-hybridized carbons (Fsp3) is 0.0714. The van der Waals surface area contributed by atoms with Crippen LogP contribution in [-0.4, -0.2) is 16.3 Å². The molecule has 5 nitrogen and oxygen atoms in total. The van der Waals surface area contributed by atoms with E-state index >= 15 is 0 Å². The third kappa shape index (κ3) is 2.28. The van der Waals surface area contributed by atoms with Gasteiger partial charge in [-0.15, -0.1) is 0 Å². The number of carbonyl (C=O) groups excluding carboxylic acids is 1. The lowest BCUT2D eigenvalue weighted by Gasteiger charge is -2.22. The van der Waals surface area contributed by atoms with Gasteiger partial charge in [-0.1, -0.05) is 30.3 Å². The molecular formula is C14H10FNO4. The number of aldehydes is 1. The summed E-state index contributed by atoms with van der Waals surface area (Å²) in [6.07, 6.45) is 0.267. The summed E-state index contributed by atoms with van der Waals surface area (Å²) >= 11 is 0. The summed E-state index contributed by atoms with van der Waals surface area (Å²) in [5, 5.41) is 21.0. The Morgan fingerprint density at radius 2 is 1.80 bits per heavy atom. The standard InChI is InChI=1S/C14H10FNO4/c15-12-8-11(6-7-13(12)16(19)20)14(18,9-17)10-4-2-1-3-5-10/h1-9,18H. The van der Waals surface area contributed by atoms with Gasteiger partial charge >= 0.3 is 5.69 Å². The summed E-state index contributed by atoms with van der Waals surface area (Å²) in [7, 11) is 0. The summed E-state index contributed by atoms with van der Waals surface area (Å²) in [5.74, 6) is -1.11. The van der Waals surface area contributed by atoms with Crippen LogP contribution in [0.3, 0.4) is 0 Å². The molecule has 0 saturated carbocycles. The Morgan fingerprint density at radius 1 is 1.15 bits per heavy atom. The molecule has 0 aromatic heterocycles. The van der Waals surface area contributed by atoms with E-state index < -0.39 is 22.0 Å². The predicted molar refractivity (Wildman–Crippen MR) is 68.6 cm³/mol. The second kappa shape index (κ2) is 5.18. The molecule has 0 saturated heterocycles. The Labute approximate surface area is 113 Å². The average molecular weight is 275 g/mol. The molecular weight excluding hydrogens is 265 g/mol. The van der Waals surface area contributed by atoms with Crippen molar-refractivity contribution in [3.05, 3.63) is 75.6 Å². The van der Waals surface area contributed by atoms with Crippen molar-refractivity contribution >= 4 is 12.0 Å². The Kier molecular flexibility index (Phi) is 3.58. The van der Waals surface area contributed by atoms with Crippen LogP contribution < -0.4 is 0 Å². The van der Waals surface area contributed by atoms with Gasteiger partial charge in [0, 0.05) is 6.07 Å². The summed E-state index contributed by atoms with van der Waals surface area (Å²) < 4.78 is 13.6. The van der Waals surface area contributed by atoms with Gasteiger partial charge in [-0.25, -0.2) is 0 Å². The van der Waals surface area contributed by atoms with Crippen molar-refractivity contribution in [1.82, 2.24) is 0 Å². The van der Waals surface area contributed by atoms with Crippen molar-refractivity contribution < 1.29 is 19.2 Å². The predicted octanol–water partition coefficient (Wildman–Crippen LogP) is 2.17. The van der Waals surface area contributed by atoms with Crippen molar-refractivity contribution in [3.63, 3.8) is 0 Å². The molecule has 0 spiro atoms. The number of aliphatic hydroxyl groups is 1. The lowest BCUT2D eigenvalue weighted by Crippen LogP contribution is -2.29. The topological polar surface area (TPSA) is 80.4 Å². The number of carbonyl (C=O) groups is 1. The van der Waals surface area contributed by atoms with Crippen molar-refractivity contribution in [2.24, 2.45) is 0 Å². The SMILES string of the molecule is O=CC(O)(c1ccccc1)c1ccc([N+](=O)[O-])c(F)c1. The molecule has 0 aliphatic heterocycles. The molecule has 20 heavy (non-hydrogen) atoms. The number of nitro benzene ring substituents is 1. The third-order valence-corrected chi connectivity index (χ3v) is 2.97. The molecule has 102 valence electrons. The first-order valence-electron chi connectivity index (χ1n) is 5.67. The summed E-state index contributed by atoms with van der Waals surface area (Å²) in [6.45, 7) is 0. The minimum atomic E-state index is -2.04. The molecule has 0 aliphatic carbocycles. The fourth-order valence-corrected chi connectivity index (χ4v) is 1.89. The Balaban J connectivity index is 2.56. The first-order chi connectivity index (χ1) is 9.49. The summed E-state index contributed by atoms with van der Waals surface area (Å²) in [5.41, 5.74) is -2.57. The van der Waals surface area contributed by atoms with E-state index in [1.807, 2.05) is 0 Å². The quantitative estimate of drug-likeness (QED) is 0.526. The van der Waals surface area contributed by atoms with Crippen LogP contribution in [0, 0.1) is 15.9 Å². The highest BCUT2D eigenvalue weighted by molar-refractivity contribution is 5.72. The monoisotopic (exact) mass is 275 g/mol. The van der Waals surface area contributed by atoms with E-state index in [4.69, 9.17) is 0 Å². The van der Waals surface area contributed by atoms with Crippen molar-refractivity contribution in [1.29, 1.82) is 0 Å². The lowest BCUT2D eigenvalue weighted by molar-refractivity contribution is -0.387. The first-order valence-corrected chi connectivity index (χ1v) is 5.67. The summed E-state index contributed by atoms with van der Waals surface area (Å²) in [4.78, 5) is 20.9. The Bertz CT molecular complexity index is 659. The van der Waals surface area contributed by atoms with Gasteiger partial charge in [-0.05, 0) is 23.3 Å². The molecule has 2 aromatic rings. The fourth-order valence-electron chi connectivity index (χ4n) is 1.89. The Hall–Kier alpha value is -2.60. The lowest BCUT2D eigenvalue weighted by atomic mass is 9.87. The minimum absolute atomic E-state index is 0.0678. The molecule has 2 rings (SSSR count). The van der Waals surface area contributed by atoms with Crippen LogP contribution in [0.2, 0.25) is 0 Å². The van der Waals surface area contributed by atoms with Crippen LogP contribution >= 0.6 is 0 Å². The number of nitro groups is 1. The molecule has 0 aliphatic rings. The zero-order valence-corrected chi connectivity index (χ0v) is 10.2. The van der Waals surface area contributed by atoms with Crippen LogP contribution in [0.1, 0.15) is 11.1 Å². The van der Waals surface area contributed by atoms with Gasteiger partial charge in [0.15, 0.2) is 11.9 Å². The largest absolute Gasteiger partial charge is 0.373 e. The Morgan fingerprint density at radius 3 is 2.30 bits per heavy atom. The van der Waals surface area contributed by atoms with Crippen LogP contribution in [0.25, 0.3) is 0 Å². The number of benzene rings is 2. The molecule has 1 atom stereocenters. The molecule has 0 fully saturated rings. The molecule has 2 aromatic carbocycles. The minimum Gasteiger partial charge on any atom is -0.373 e. The van der Waals surface area contributed by atoms with E-state index in [1.54, 1.807) is 18.2 Å². The third-order valence-electron chi connectivity index (χ3n) is 2.97. The van der Waals surface area contributed by atoms with E-state index in [9.17, 15) is 24.4 Å². The van der Waals surface area contributed by atoms with Crippen molar-refractivity contribution in [3.8, 4) is 0 Å². The molecule has 0 amide bonds. The molecule has 6 heteroatoms. The number of hydrogen-bond donors (Lipinski definition) is 1. The van der Waals surface area contributed by atoms with Gasteiger partial charge in [0.1, 0.15) is 0 Å².